The Morgan fingerprint density at radius 1 is 1.16 bits per heavy atom. The summed E-state index contributed by atoms with van der Waals surface area (Å²) in [6, 6.07) is 2.14. The van der Waals surface area contributed by atoms with Gasteiger partial charge in [0.1, 0.15) is 18.3 Å². The molecule has 0 radical (unpaired) electrons. The molecule has 3 aromatic rings. The van der Waals surface area contributed by atoms with E-state index in [0.29, 0.717) is 34.9 Å². The van der Waals surface area contributed by atoms with Crippen LogP contribution < -0.4 is 5.32 Å². The lowest BCUT2D eigenvalue weighted by Gasteiger charge is -2.23. The number of hydrogen-bond acceptors (Lipinski definition) is 9. The molecule has 31 heavy (non-hydrogen) atoms. The molecular weight excluding hydrogens is 402 g/mol. The fourth-order valence-corrected chi connectivity index (χ4v) is 5.39. The second-order valence-electron chi connectivity index (χ2n) is 8.80. The smallest absolute Gasteiger partial charge is 0.254 e. The van der Waals surface area contributed by atoms with Crippen molar-refractivity contribution in [3.05, 3.63) is 24.8 Å². The van der Waals surface area contributed by atoms with E-state index < -0.39 is 31.1 Å². The summed E-state index contributed by atoms with van der Waals surface area (Å²) in [5.41, 5.74) is 1.03. The zero-order chi connectivity index (χ0) is 21.1. The van der Waals surface area contributed by atoms with Crippen LogP contribution in [-0.2, 0) is 4.74 Å². The van der Waals surface area contributed by atoms with Crippen LogP contribution in [0.4, 0.5) is 5.82 Å². The van der Waals surface area contributed by atoms with Crippen molar-refractivity contribution in [3.8, 4) is 5.95 Å². The molecule has 3 aliphatic rings. The van der Waals surface area contributed by atoms with Gasteiger partial charge in [0, 0.05) is 18.4 Å². The summed E-state index contributed by atoms with van der Waals surface area (Å²) in [4.78, 5) is 13.8. The minimum Gasteiger partial charge on any atom is -0.394 e. The summed E-state index contributed by atoms with van der Waals surface area (Å²) in [6.45, 7) is -0.397. The third kappa shape index (κ3) is 3.03. The van der Waals surface area contributed by atoms with E-state index in [1.54, 1.807) is 27.7 Å². The number of aromatic nitrogens is 6. The molecule has 3 aromatic heterocycles. The molecule has 11 nitrogen and oxygen atoms in total. The van der Waals surface area contributed by atoms with Crippen LogP contribution in [0.1, 0.15) is 31.9 Å². The lowest BCUT2D eigenvalue weighted by atomic mass is 9.95. The Kier molecular flexibility index (Phi) is 4.46. The minimum absolute atomic E-state index is 0.349. The van der Waals surface area contributed by atoms with Crippen LogP contribution >= 0.6 is 0 Å². The monoisotopic (exact) mass is 427 g/mol. The third-order valence-electron chi connectivity index (χ3n) is 6.97. The highest BCUT2D eigenvalue weighted by atomic mass is 16.6. The van der Waals surface area contributed by atoms with Crippen molar-refractivity contribution in [2.45, 2.75) is 56.3 Å². The number of hydrogen-bond donors (Lipinski definition) is 4. The number of nitrogens with one attached hydrogen (secondary N) is 1. The highest BCUT2D eigenvalue weighted by Gasteiger charge is 2.44. The molecule has 1 saturated heterocycles. The van der Waals surface area contributed by atoms with Crippen molar-refractivity contribution in [3.63, 3.8) is 0 Å². The molecule has 0 aromatic carbocycles. The van der Waals surface area contributed by atoms with Crippen LogP contribution in [0.25, 0.3) is 17.1 Å². The van der Waals surface area contributed by atoms with Crippen molar-refractivity contribution in [1.82, 2.24) is 29.3 Å². The number of fused-ring (bicyclic) bond motifs is 3. The molecule has 3 fully saturated rings. The minimum atomic E-state index is -1.22. The van der Waals surface area contributed by atoms with Crippen molar-refractivity contribution < 1.29 is 20.1 Å². The molecule has 1 aliphatic heterocycles. The van der Waals surface area contributed by atoms with Crippen LogP contribution in [0, 0.1) is 11.8 Å². The summed E-state index contributed by atoms with van der Waals surface area (Å²) in [6.07, 6.45) is 5.64. The van der Waals surface area contributed by atoms with Gasteiger partial charge < -0.3 is 25.4 Å². The van der Waals surface area contributed by atoms with E-state index >= 15 is 0 Å². The molecular formula is C20H25N7O4. The Labute approximate surface area is 177 Å². The van der Waals surface area contributed by atoms with Crippen LogP contribution in [-0.4, -0.2) is 75.6 Å². The van der Waals surface area contributed by atoms with Crippen LogP contribution in [0.3, 0.4) is 0 Å². The molecule has 7 atom stereocenters. The number of nitrogens with zero attached hydrogens (tertiary/aromatic N) is 6. The molecule has 164 valence electrons. The van der Waals surface area contributed by atoms with Gasteiger partial charge in [0.2, 0.25) is 0 Å². The molecule has 11 heteroatoms. The van der Waals surface area contributed by atoms with Crippen molar-refractivity contribution in [2.24, 2.45) is 11.8 Å². The summed E-state index contributed by atoms with van der Waals surface area (Å²) in [5.74, 6) is 2.42. The maximum absolute atomic E-state index is 10.5. The molecule has 4 heterocycles. The Balaban J connectivity index is 1.43. The first-order chi connectivity index (χ1) is 15.1. The van der Waals surface area contributed by atoms with Gasteiger partial charge in [-0.15, -0.1) is 0 Å². The molecule has 4 N–H and O–H groups in total. The second-order valence-corrected chi connectivity index (χ2v) is 8.80. The predicted octanol–water partition coefficient (Wildman–Crippen LogP) is 0.224. The number of imidazole rings is 1. The normalized spacial score (nSPS) is 34.7. The highest BCUT2D eigenvalue weighted by molar-refractivity contribution is 5.84. The Hall–Kier alpha value is -2.60. The summed E-state index contributed by atoms with van der Waals surface area (Å²) in [7, 11) is 0. The Morgan fingerprint density at radius 3 is 2.74 bits per heavy atom. The zero-order valence-corrected chi connectivity index (χ0v) is 16.8. The maximum atomic E-state index is 10.5. The van der Waals surface area contributed by atoms with Gasteiger partial charge in [0.15, 0.2) is 23.2 Å². The van der Waals surface area contributed by atoms with Gasteiger partial charge in [-0.2, -0.15) is 15.1 Å². The van der Waals surface area contributed by atoms with E-state index in [-0.39, 0.29) is 0 Å². The summed E-state index contributed by atoms with van der Waals surface area (Å²) in [5, 5.41) is 38.0. The van der Waals surface area contributed by atoms with Gasteiger partial charge in [0.25, 0.3) is 5.95 Å². The van der Waals surface area contributed by atoms with Crippen LogP contribution in [0.2, 0.25) is 0 Å². The third-order valence-corrected chi connectivity index (χ3v) is 6.97. The largest absolute Gasteiger partial charge is 0.394 e. The lowest BCUT2D eigenvalue weighted by molar-refractivity contribution is -0.0511. The van der Waals surface area contributed by atoms with E-state index in [0.717, 1.165) is 12.3 Å². The molecule has 2 bridgehead atoms. The average Bonchev–Trinajstić information content (AvgIpc) is 3.59. The Morgan fingerprint density at radius 2 is 2.06 bits per heavy atom. The van der Waals surface area contributed by atoms with Gasteiger partial charge in [-0.3, -0.25) is 4.57 Å². The second kappa shape index (κ2) is 7.23. The predicted molar refractivity (Wildman–Crippen MR) is 108 cm³/mol. The quantitative estimate of drug-likeness (QED) is 0.450. The van der Waals surface area contributed by atoms with Crippen molar-refractivity contribution in [2.75, 3.05) is 11.9 Å². The van der Waals surface area contributed by atoms with Gasteiger partial charge in [-0.05, 0) is 37.2 Å². The zero-order valence-electron chi connectivity index (χ0n) is 16.8. The number of anilines is 1. The van der Waals surface area contributed by atoms with Gasteiger partial charge in [-0.25, -0.2) is 9.67 Å². The van der Waals surface area contributed by atoms with E-state index in [4.69, 9.17) is 9.72 Å². The fraction of sp³-hybridized carbons (Fsp3) is 0.600. The van der Waals surface area contributed by atoms with Crippen LogP contribution in [0.5, 0.6) is 0 Å². The fourth-order valence-electron chi connectivity index (χ4n) is 5.39. The van der Waals surface area contributed by atoms with E-state index in [9.17, 15) is 15.3 Å². The number of aliphatic hydroxyl groups is 3. The highest BCUT2D eigenvalue weighted by Crippen LogP contribution is 2.45. The summed E-state index contributed by atoms with van der Waals surface area (Å²) < 4.78 is 8.85. The summed E-state index contributed by atoms with van der Waals surface area (Å²) >= 11 is 0. The number of rotatable bonds is 5. The van der Waals surface area contributed by atoms with E-state index in [2.05, 4.69) is 20.4 Å². The molecule has 0 amide bonds. The average molecular weight is 427 g/mol. The van der Waals surface area contributed by atoms with E-state index in [1.165, 1.54) is 25.6 Å². The molecule has 2 aliphatic carbocycles. The SMILES string of the molecule is OC[C@H]1O[C@@H](n2cnc3c(NC4C[C@@H]5CC[C@H]4C5)nc(-n4cccn4)nc32)[C@H](O)[C@@H]1O. The topological polar surface area (TPSA) is 143 Å². The van der Waals surface area contributed by atoms with Crippen molar-refractivity contribution in [1.29, 1.82) is 0 Å². The maximum Gasteiger partial charge on any atom is 0.254 e. The van der Waals surface area contributed by atoms with Crippen LogP contribution in [0.15, 0.2) is 24.8 Å². The first-order valence-electron chi connectivity index (χ1n) is 10.8. The molecule has 2 saturated carbocycles. The molecule has 1 unspecified atom stereocenters. The Bertz CT molecular complexity index is 1090. The first kappa shape index (κ1) is 19.1. The molecule has 6 rings (SSSR count). The number of aliphatic hydroxyl groups excluding tert-OH is 3. The lowest BCUT2D eigenvalue weighted by Crippen LogP contribution is -2.33. The van der Waals surface area contributed by atoms with Gasteiger partial charge >= 0.3 is 0 Å². The van der Waals surface area contributed by atoms with Gasteiger partial charge in [0.05, 0.1) is 12.9 Å². The molecule has 0 spiro atoms. The first-order valence-corrected chi connectivity index (χ1v) is 10.8. The number of ether oxygens (including phenoxy) is 1. The standard InChI is InChI=1S/C20H25N7O4/c28-8-13-15(29)16(30)19(31-13)26-9-21-14-17(23-12-7-10-2-3-11(12)6-10)24-20(25-18(14)26)27-5-1-4-22-27/h1,4-5,9-13,15-16,19,28-30H,2-3,6-8H2,(H,23,24,25)/t10-,11+,12?,13-,15-,16-,19-/m1/s1. The van der Waals surface area contributed by atoms with E-state index in [1.807, 2.05) is 0 Å². The van der Waals surface area contributed by atoms with Gasteiger partial charge in [-0.1, -0.05) is 6.42 Å². The van der Waals surface area contributed by atoms with Crippen molar-refractivity contribution >= 4 is 17.0 Å².